The third-order valence-electron chi connectivity index (χ3n) is 3.64. The average Bonchev–Trinajstić information content (AvgIpc) is 2.62. The van der Waals surface area contributed by atoms with Gasteiger partial charge in [0.05, 0.1) is 0 Å². The Kier molecular flexibility index (Phi) is 3.56. The van der Waals surface area contributed by atoms with Gasteiger partial charge in [-0.3, -0.25) is 9.88 Å². The Morgan fingerprint density at radius 3 is 3.06 bits per heavy atom. The van der Waals surface area contributed by atoms with Crippen molar-refractivity contribution in [1.29, 1.82) is 0 Å². The summed E-state index contributed by atoms with van der Waals surface area (Å²) in [4.78, 5) is 6.72. The summed E-state index contributed by atoms with van der Waals surface area (Å²) in [5, 5.41) is 3.30. The molecule has 3 heteroatoms. The molecule has 1 aliphatic rings. The molecular formula is C13H21N3. The van der Waals surface area contributed by atoms with Gasteiger partial charge in [0.2, 0.25) is 0 Å². The lowest BCUT2D eigenvalue weighted by Crippen LogP contribution is -2.27. The van der Waals surface area contributed by atoms with Crippen LogP contribution in [0.2, 0.25) is 0 Å². The van der Waals surface area contributed by atoms with Crippen molar-refractivity contribution in [1.82, 2.24) is 15.2 Å². The van der Waals surface area contributed by atoms with Crippen LogP contribution in [0, 0.1) is 12.8 Å². The van der Waals surface area contributed by atoms with Gasteiger partial charge in [-0.05, 0) is 63.6 Å². The highest BCUT2D eigenvalue weighted by Gasteiger charge is 2.33. The molecule has 2 unspecified atom stereocenters. The van der Waals surface area contributed by atoms with Crippen molar-refractivity contribution >= 4 is 0 Å². The van der Waals surface area contributed by atoms with Crippen LogP contribution >= 0.6 is 0 Å². The average molecular weight is 219 g/mol. The third-order valence-corrected chi connectivity index (χ3v) is 3.64. The molecule has 0 amide bonds. The molecule has 0 aromatic carbocycles. The zero-order valence-corrected chi connectivity index (χ0v) is 10.4. The van der Waals surface area contributed by atoms with Gasteiger partial charge < -0.3 is 5.32 Å². The van der Waals surface area contributed by atoms with Gasteiger partial charge in [-0.1, -0.05) is 0 Å². The van der Waals surface area contributed by atoms with Crippen LogP contribution in [0.25, 0.3) is 0 Å². The molecule has 0 aliphatic carbocycles. The fourth-order valence-corrected chi connectivity index (χ4v) is 2.78. The topological polar surface area (TPSA) is 28.2 Å². The molecule has 1 aliphatic heterocycles. The lowest BCUT2D eigenvalue weighted by Gasteiger charge is -2.26. The molecule has 2 heterocycles. The maximum Gasteiger partial charge on any atom is 0.0403 e. The Bertz CT molecular complexity index is 349. The monoisotopic (exact) mass is 219 g/mol. The predicted octanol–water partition coefficient (Wildman–Crippen LogP) is 1.60. The number of nitrogens with one attached hydrogen (secondary N) is 1. The van der Waals surface area contributed by atoms with Crippen LogP contribution in [-0.2, 0) is 0 Å². The van der Waals surface area contributed by atoms with E-state index in [4.69, 9.17) is 0 Å². The molecule has 0 spiro atoms. The molecule has 1 aromatic rings. The number of hydrogen-bond acceptors (Lipinski definition) is 3. The SMILES string of the molecule is CNCC1CCN(C)C1c1cnccc1C. The lowest BCUT2D eigenvalue weighted by atomic mass is 9.92. The fraction of sp³-hybridized carbons (Fsp3) is 0.615. The zero-order valence-electron chi connectivity index (χ0n) is 10.4. The maximum atomic E-state index is 4.27. The largest absolute Gasteiger partial charge is 0.319 e. The second kappa shape index (κ2) is 4.93. The molecule has 0 radical (unpaired) electrons. The predicted molar refractivity (Wildman–Crippen MR) is 66.4 cm³/mol. The normalized spacial score (nSPS) is 26.2. The highest BCUT2D eigenvalue weighted by molar-refractivity contribution is 5.26. The molecule has 2 atom stereocenters. The molecule has 1 aromatic heterocycles. The van der Waals surface area contributed by atoms with Gasteiger partial charge in [0.25, 0.3) is 0 Å². The van der Waals surface area contributed by atoms with Gasteiger partial charge in [-0.15, -0.1) is 0 Å². The minimum Gasteiger partial charge on any atom is -0.319 e. The van der Waals surface area contributed by atoms with Crippen molar-refractivity contribution in [2.24, 2.45) is 5.92 Å². The molecule has 16 heavy (non-hydrogen) atoms. The molecule has 1 fully saturated rings. The van der Waals surface area contributed by atoms with Crippen LogP contribution in [0.3, 0.4) is 0 Å². The number of nitrogens with zero attached hydrogens (tertiary/aromatic N) is 2. The minimum absolute atomic E-state index is 0.529. The first-order chi connectivity index (χ1) is 7.74. The number of aryl methyl sites for hydroxylation is 1. The highest BCUT2D eigenvalue weighted by Crippen LogP contribution is 2.36. The second-order valence-electron chi connectivity index (χ2n) is 4.76. The Balaban J connectivity index is 2.26. The highest BCUT2D eigenvalue weighted by atomic mass is 15.2. The first kappa shape index (κ1) is 11.6. The number of likely N-dealkylation sites (tertiary alicyclic amines) is 1. The quantitative estimate of drug-likeness (QED) is 0.837. The van der Waals surface area contributed by atoms with Gasteiger partial charge >= 0.3 is 0 Å². The number of aromatic nitrogens is 1. The van der Waals surface area contributed by atoms with Gasteiger partial charge in [0.1, 0.15) is 0 Å². The van der Waals surface area contributed by atoms with Crippen LogP contribution in [0.1, 0.15) is 23.6 Å². The van der Waals surface area contributed by atoms with Crippen molar-refractivity contribution in [3.8, 4) is 0 Å². The van der Waals surface area contributed by atoms with Gasteiger partial charge in [-0.25, -0.2) is 0 Å². The molecule has 2 rings (SSSR count). The van der Waals surface area contributed by atoms with E-state index in [1.54, 1.807) is 0 Å². The Morgan fingerprint density at radius 1 is 1.56 bits per heavy atom. The maximum absolute atomic E-state index is 4.27. The van der Waals surface area contributed by atoms with Gasteiger partial charge in [0, 0.05) is 18.4 Å². The summed E-state index contributed by atoms with van der Waals surface area (Å²) in [6.45, 7) is 4.45. The molecular weight excluding hydrogens is 198 g/mol. The van der Waals surface area contributed by atoms with Crippen molar-refractivity contribution in [2.75, 3.05) is 27.2 Å². The Hall–Kier alpha value is -0.930. The van der Waals surface area contributed by atoms with Crippen LogP contribution in [0.5, 0.6) is 0 Å². The Labute approximate surface area is 97.9 Å². The first-order valence-corrected chi connectivity index (χ1v) is 5.99. The van der Waals surface area contributed by atoms with E-state index in [0.717, 1.165) is 6.54 Å². The van der Waals surface area contributed by atoms with E-state index in [1.807, 2.05) is 19.4 Å². The van der Waals surface area contributed by atoms with Crippen molar-refractivity contribution in [3.05, 3.63) is 29.6 Å². The van der Waals surface area contributed by atoms with E-state index >= 15 is 0 Å². The van der Waals surface area contributed by atoms with Crippen LogP contribution in [-0.4, -0.2) is 37.1 Å². The molecule has 0 saturated carbocycles. The second-order valence-corrected chi connectivity index (χ2v) is 4.76. The number of hydrogen-bond donors (Lipinski definition) is 1. The summed E-state index contributed by atoms with van der Waals surface area (Å²) >= 11 is 0. The summed E-state index contributed by atoms with van der Waals surface area (Å²) in [5.41, 5.74) is 2.75. The molecule has 1 saturated heterocycles. The first-order valence-electron chi connectivity index (χ1n) is 5.99. The van der Waals surface area contributed by atoms with Crippen molar-refractivity contribution in [3.63, 3.8) is 0 Å². The van der Waals surface area contributed by atoms with Crippen LogP contribution in [0.15, 0.2) is 18.5 Å². The molecule has 1 N–H and O–H groups in total. The van der Waals surface area contributed by atoms with Gasteiger partial charge in [0.15, 0.2) is 0 Å². The molecule has 0 bridgehead atoms. The van der Waals surface area contributed by atoms with E-state index in [9.17, 15) is 0 Å². The number of pyridine rings is 1. The summed E-state index contributed by atoms with van der Waals surface area (Å²) in [7, 11) is 4.25. The number of rotatable bonds is 3. The molecule has 3 nitrogen and oxygen atoms in total. The summed E-state index contributed by atoms with van der Waals surface area (Å²) < 4.78 is 0. The van der Waals surface area contributed by atoms with E-state index < -0.39 is 0 Å². The van der Waals surface area contributed by atoms with E-state index in [1.165, 1.54) is 24.1 Å². The van der Waals surface area contributed by atoms with Crippen LogP contribution < -0.4 is 5.32 Å². The fourth-order valence-electron chi connectivity index (χ4n) is 2.78. The van der Waals surface area contributed by atoms with Crippen LogP contribution in [0.4, 0.5) is 0 Å². The summed E-state index contributed by atoms with van der Waals surface area (Å²) in [6.07, 6.45) is 5.18. The van der Waals surface area contributed by atoms with Crippen molar-refractivity contribution in [2.45, 2.75) is 19.4 Å². The van der Waals surface area contributed by atoms with E-state index in [2.05, 4.69) is 35.2 Å². The summed E-state index contributed by atoms with van der Waals surface area (Å²) in [6, 6.07) is 2.64. The minimum atomic E-state index is 0.529. The van der Waals surface area contributed by atoms with Crippen molar-refractivity contribution < 1.29 is 0 Å². The van der Waals surface area contributed by atoms with E-state index in [0.29, 0.717) is 12.0 Å². The molecule has 88 valence electrons. The Morgan fingerprint density at radius 2 is 2.38 bits per heavy atom. The van der Waals surface area contributed by atoms with E-state index in [-0.39, 0.29) is 0 Å². The lowest BCUT2D eigenvalue weighted by molar-refractivity contribution is 0.273. The standard InChI is InChI=1S/C13H21N3/c1-10-4-6-15-9-12(10)13-11(8-14-2)5-7-16(13)3/h4,6,9,11,13-14H,5,7-8H2,1-3H3. The third kappa shape index (κ3) is 2.11. The summed E-state index contributed by atoms with van der Waals surface area (Å²) in [5.74, 6) is 0.706. The van der Waals surface area contributed by atoms with Gasteiger partial charge in [-0.2, -0.15) is 0 Å². The zero-order chi connectivity index (χ0) is 11.5. The smallest absolute Gasteiger partial charge is 0.0403 e.